The van der Waals surface area contributed by atoms with Crippen LogP contribution in [0, 0.1) is 12.3 Å². The molecule has 0 unspecified atom stereocenters. The summed E-state index contributed by atoms with van der Waals surface area (Å²) >= 11 is 0. The first-order valence-corrected chi connectivity index (χ1v) is 5.31. The Hall–Kier alpha value is -1.09. The highest BCUT2D eigenvalue weighted by molar-refractivity contribution is 5.42. The molecule has 0 saturated carbocycles. The van der Waals surface area contributed by atoms with Crippen molar-refractivity contribution < 1.29 is 5.11 Å². The molecule has 1 rings (SSSR count). The number of nitrogens with zero attached hydrogens (tertiary/aromatic N) is 1. The van der Waals surface area contributed by atoms with Gasteiger partial charge in [-0.3, -0.25) is 0 Å². The van der Waals surface area contributed by atoms with Crippen LogP contribution >= 0.6 is 0 Å². The van der Waals surface area contributed by atoms with Gasteiger partial charge in [-0.2, -0.15) is 0 Å². The number of hydrogen-bond acceptors (Lipinski definition) is 3. The van der Waals surface area contributed by atoms with Gasteiger partial charge in [0.2, 0.25) is 0 Å². The molecule has 0 bridgehead atoms. The van der Waals surface area contributed by atoms with Crippen molar-refractivity contribution in [2.75, 3.05) is 18.5 Å². The smallest absolute Gasteiger partial charge is 0.128 e. The number of aromatic nitrogens is 1. The van der Waals surface area contributed by atoms with E-state index in [1.807, 2.05) is 19.1 Å². The highest BCUT2D eigenvalue weighted by atomic mass is 16.3. The molecule has 3 nitrogen and oxygen atoms in total. The second kappa shape index (κ2) is 5.12. The number of pyridine rings is 1. The van der Waals surface area contributed by atoms with Crippen LogP contribution in [0.3, 0.4) is 0 Å². The lowest BCUT2D eigenvalue weighted by Crippen LogP contribution is -2.24. The molecule has 0 radical (unpaired) electrons. The van der Waals surface area contributed by atoms with Gasteiger partial charge in [-0.25, -0.2) is 4.98 Å². The first-order valence-electron chi connectivity index (χ1n) is 5.31. The number of aliphatic hydroxyl groups is 1. The summed E-state index contributed by atoms with van der Waals surface area (Å²) in [5, 5.41) is 12.2. The first kappa shape index (κ1) is 12.0. The Morgan fingerprint density at radius 2 is 2.20 bits per heavy atom. The quantitative estimate of drug-likeness (QED) is 0.779. The second-order valence-corrected chi connectivity index (χ2v) is 4.66. The minimum atomic E-state index is 0.0959. The third kappa shape index (κ3) is 3.88. The van der Waals surface area contributed by atoms with Gasteiger partial charge in [0.25, 0.3) is 0 Å². The molecular weight excluding hydrogens is 188 g/mol. The Morgan fingerprint density at radius 3 is 2.80 bits per heavy atom. The van der Waals surface area contributed by atoms with E-state index in [9.17, 15) is 0 Å². The summed E-state index contributed by atoms with van der Waals surface area (Å²) in [7, 11) is 0. The van der Waals surface area contributed by atoms with Gasteiger partial charge in [-0.1, -0.05) is 19.9 Å². The van der Waals surface area contributed by atoms with Gasteiger partial charge < -0.3 is 10.4 Å². The fourth-order valence-electron chi connectivity index (χ4n) is 1.38. The normalized spacial score (nSPS) is 11.5. The van der Waals surface area contributed by atoms with Crippen molar-refractivity contribution in [3.63, 3.8) is 0 Å². The van der Waals surface area contributed by atoms with Crippen LogP contribution in [0.25, 0.3) is 0 Å². The molecule has 15 heavy (non-hydrogen) atoms. The van der Waals surface area contributed by atoms with E-state index >= 15 is 0 Å². The van der Waals surface area contributed by atoms with Gasteiger partial charge in [-0.15, -0.1) is 0 Å². The van der Waals surface area contributed by atoms with Crippen LogP contribution in [0.2, 0.25) is 0 Å². The van der Waals surface area contributed by atoms with Gasteiger partial charge in [0.1, 0.15) is 5.82 Å². The number of rotatable bonds is 5. The van der Waals surface area contributed by atoms with Crippen LogP contribution in [-0.2, 0) is 0 Å². The Morgan fingerprint density at radius 1 is 1.47 bits per heavy atom. The van der Waals surface area contributed by atoms with Gasteiger partial charge >= 0.3 is 0 Å². The molecule has 0 spiro atoms. The maximum Gasteiger partial charge on any atom is 0.128 e. The summed E-state index contributed by atoms with van der Waals surface area (Å²) in [4.78, 5) is 4.27. The van der Waals surface area contributed by atoms with Crippen molar-refractivity contribution in [1.82, 2.24) is 4.98 Å². The Balaban J connectivity index is 2.53. The standard InChI is InChI=1S/C12H20N2O/c1-10-5-4-7-13-11(10)14-9-12(2,3)6-8-15/h4-5,7,15H,6,8-9H2,1-3H3,(H,13,14). The van der Waals surface area contributed by atoms with E-state index in [2.05, 4.69) is 24.1 Å². The van der Waals surface area contributed by atoms with Crippen LogP contribution in [0.5, 0.6) is 0 Å². The molecule has 2 N–H and O–H groups in total. The van der Waals surface area contributed by atoms with Crippen LogP contribution in [0.15, 0.2) is 18.3 Å². The van der Waals surface area contributed by atoms with Gasteiger partial charge in [0.05, 0.1) is 0 Å². The van der Waals surface area contributed by atoms with Gasteiger partial charge in [0.15, 0.2) is 0 Å². The molecule has 1 aromatic rings. The average Bonchev–Trinajstić information content (AvgIpc) is 2.16. The molecule has 0 fully saturated rings. The molecule has 3 heteroatoms. The third-order valence-corrected chi connectivity index (χ3v) is 2.53. The zero-order chi connectivity index (χ0) is 11.3. The monoisotopic (exact) mass is 208 g/mol. The molecule has 0 amide bonds. The lowest BCUT2D eigenvalue weighted by molar-refractivity contribution is 0.220. The summed E-state index contributed by atoms with van der Waals surface area (Å²) in [6.45, 7) is 7.36. The Bertz CT molecular complexity index is 310. The number of aryl methyl sites for hydroxylation is 1. The first-order chi connectivity index (χ1) is 7.05. The highest BCUT2D eigenvalue weighted by Crippen LogP contribution is 2.20. The lowest BCUT2D eigenvalue weighted by Gasteiger charge is -2.24. The molecule has 0 aliphatic rings. The summed E-state index contributed by atoms with van der Waals surface area (Å²) in [6, 6.07) is 3.97. The predicted molar refractivity (Wildman–Crippen MR) is 62.9 cm³/mol. The number of hydrogen-bond donors (Lipinski definition) is 2. The van der Waals surface area contributed by atoms with Crippen molar-refractivity contribution >= 4 is 5.82 Å². The van der Waals surface area contributed by atoms with E-state index in [4.69, 9.17) is 5.11 Å². The van der Waals surface area contributed by atoms with Crippen molar-refractivity contribution in [1.29, 1.82) is 0 Å². The number of nitrogens with one attached hydrogen (secondary N) is 1. The topological polar surface area (TPSA) is 45.2 Å². The maximum absolute atomic E-state index is 8.91. The second-order valence-electron chi connectivity index (χ2n) is 4.66. The summed E-state index contributed by atoms with van der Waals surface area (Å²) in [6.07, 6.45) is 2.58. The molecule has 0 aliphatic heterocycles. The summed E-state index contributed by atoms with van der Waals surface area (Å²) in [5.74, 6) is 0.934. The molecule has 0 saturated heterocycles. The molecule has 84 valence electrons. The van der Waals surface area contributed by atoms with Gasteiger partial charge in [-0.05, 0) is 30.4 Å². The van der Waals surface area contributed by atoms with Crippen molar-refractivity contribution in [3.8, 4) is 0 Å². The average molecular weight is 208 g/mol. The fourth-order valence-corrected chi connectivity index (χ4v) is 1.38. The molecule has 1 heterocycles. The third-order valence-electron chi connectivity index (χ3n) is 2.53. The number of anilines is 1. The minimum absolute atomic E-state index is 0.0959. The Kier molecular flexibility index (Phi) is 4.09. The zero-order valence-electron chi connectivity index (χ0n) is 9.75. The van der Waals surface area contributed by atoms with Crippen LogP contribution in [-0.4, -0.2) is 23.2 Å². The SMILES string of the molecule is Cc1cccnc1NCC(C)(C)CCO. The summed E-state index contributed by atoms with van der Waals surface area (Å²) in [5.41, 5.74) is 1.25. The van der Waals surface area contributed by atoms with Crippen molar-refractivity contribution in [2.45, 2.75) is 27.2 Å². The molecule has 0 aromatic carbocycles. The lowest BCUT2D eigenvalue weighted by atomic mass is 9.90. The maximum atomic E-state index is 8.91. The van der Waals surface area contributed by atoms with Crippen LogP contribution in [0.4, 0.5) is 5.82 Å². The van der Waals surface area contributed by atoms with Crippen LogP contribution < -0.4 is 5.32 Å². The zero-order valence-corrected chi connectivity index (χ0v) is 9.75. The van der Waals surface area contributed by atoms with Crippen molar-refractivity contribution in [3.05, 3.63) is 23.9 Å². The fraction of sp³-hybridized carbons (Fsp3) is 0.583. The largest absolute Gasteiger partial charge is 0.396 e. The van der Waals surface area contributed by atoms with E-state index in [0.29, 0.717) is 0 Å². The summed E-state index contributed by atoms with van der Waals surface area (Å²) < 4.78 is 0. The highest BCUT2D eigenvalue weighted by Gasteiger charge is 2.17. The number of aliphatic hydroxyl groups excluding tert-OH is 1. The van der Waals surface area contributed by atoms with Gasteiger partial charge in [0, 0.05) is 19.3 Å². The molecule has 0 aliphatic carbocycles. The van der Waals surface area contributed by atoms with E-state index < -0.39 is 0 Å². The molecular formula is C12H20N2O. The van der Waals surface area contributed by atoms with Crippen molar-refractivity contribution in [2.24, 2.45) is 5.41 Å². The molecule has 0 atom stereocenters. The van der Waals surface area contributed by atoms with E-state index in [1.54, 1.807) is 6.20 Å². The van der Waals surface area contributed by atoms with E-state index in [1.165, 1.54) is 0 Å². The molecule has 1 aromatic heterocycles. The van der Waals surface area contributed by atoms with Crippen LogP contribution in [0.1, 0.15) is 25.8 Å². The predicted octanol–water partition coefficient (Wildman–Crippen LogP) is 2.21. The van der Waals surface area contributed by atoms with E-state index in [0.717, 1.165) is 24.3 Å². The minimum Gasteiger partial charge on any atom is -0.396 e. The Labute approximate surface area is 91.5 Å². The van der Waals surface area contributed by atoms with E-state index in [-0.39, 0.29) is 12.0 Å².